The van der Waals surface area contributed by atoms with E-state index in [2.05, 4.69) is 32.2 Å². The Morgan fingerprint density at radius 2 is 1.86 bits per heavy atom. The summed E-state index contributed by atoms with van der Waals surface area (Å²) in [5.41, 5.74) is 4.49. The molecule has 0 spiro atoms. The Labute approximate surface area is 136 Å². The van der Waals surface area contributed by atoms with Crippen molar-refractivity contribution >= 4 is 8.32 Å². The van der Waals surface area contributed by atoms with Crippen molar-refractivity contribution in [2.24, 2.45) is 0 Å². The van der Waals surface area contributed by atoms with Gasteiger partial charge in [-0.25, -0.2) is 0 Å². The van der Waals surface area contributed by atoms with Crippen molar-refractivity contribution < 1.29 is 9.16 Å². The van der Waals surface area contributed by atoms with Crippen LogP contribution in [0, 0.1) is 0 Å². The summed E-state index contributed by atoms with van der Waals surface area (Å²) in [6.07, 6.45) is 8.96. The number of fused-ring (bicyclic) bond motifs is 2. The lowest BCUT2D eigenvalue weighted by molar-refractivity contribution is 0.143. The van der Waals surface area contributed by atoms with Crippen molar-refractivity contribution in [3.8, 4) is 5.75 Å². The fraction of sp³-hybridized carbons (Fsp3) is 0.684. The lowest BCUT2D eigenvalue weighted by atomic mass is 9.89. The Morgan fingerprint density at radius 1 is 1.14 bits per heavy atom. The summed E-state index contributed by atoms with van der Waals surface area (Å²) in [5.74, 6) is 1.13. The monoisotopic (exact) mass is 318 g/mol. The van der Waals surface area contributed by atoms with Crippen molar-refractivity contribution in [3.05, 3.63) is 28.8 Å². The average Bonchev–Trinajstić information content (AvgIpc) is 2.90. The maximum atomic E-state index is 6.29. The van der Waals surface area contributed by atoms with Gasteiger partial charge in [0, 0.05) is 6.42 Å². The number of hydrogen-bond acceptors (Lipinski definition) is 2. The van der Waals surface area contributed by atoms with E-state index in [9.17, 15) is 0 Å². The molecule has 0 fully saturated rings. The van der Waals surface area contributed by atoms with Gasteiger partial charge in [-0.05, 0) is 67.6 Å². The number of benzene rings is 1. The molecule has 1 unspecified atom stereocenters. The fourth-order valence-corrected chi connectivity index (χ4v) is 5.62. The largest absolute Gasteiger partial charge is 0.487 e. The van der Waals surface area contributed by atoms with Crippen molar-refractivity contribution in [2.75, 3.05) is 6.61 Å². The topological polar surface area (TPSA) is 18.5 Å². The molecule has 2 nitrogen and oxygen atoms in total. The summed E-state index contributed by atoms with van der Waals surface area (Å²) in [6.45, 7) is 7.69. The lowest BCUT2D eigenvalue weighted by Gasteiger charge is -2.24. The van der Waals surface area contributed by atoms with Crippen molar-refractivity contribution in [3.63, 3.8) is 0 Å². The molecule has 0 N–H and O–H groups in total. The van der Waals surface area contributed by atoms with E-state index < -0.39 is 8.32 Å². The third-order valence-electron chi connectivity index (χ3n) is 5.06. The van der Waals surface area contributed by atoms with E-state index in [1.54, 1.807) is 5.56 Å². The highest BCUT2D eigenvalue weighted by Gasteiger charge is 2.29. The molecule has 3 heteroatoms. The van der Waals surface area contributed by atoms with Gasteiger partial charge in [0.2, 0.25) is 0 Å². The molecule has 22 heavy (non-hydrogen) atoms. The zero-order valence-electron chi connectivity index (χ0n) is 14.4. The zero-order valence-corrected chi connectivity index (χ0v) is 15.4. The van der Waals surface area contributed by atoms with E-state index in [-0.39, 0.29) is 6.10 Å². The smallest absolute Gasteiger partial charge is 0.186 e. The molecule has 1 aromatic rings. The highest BCUT2D eigenvalue weighted by Crippen LogP contribution is 2.35. The minimum atomic E-state index is -1.50. The van der Waals surface area contributed by atoms with Crippen LogP contribution < -0.4 is 4.74 Å². The van der Waals surface area contributed by atoms with Gasteiger partial charge in [0.1, 0.15) is 11.9 Å². The highest BCUT2D eigenvalue weighted by molar-refractivity contribution is 6.71. The summed E-state index contributed by atoms with van der Waals surface area (Å²) >= 11 is 0. The molecule has 0 bridgehead atoms. The number of rotatable bonds is 6. The average molecular weight is 319 g/mol. The first-order chi connectivity index (χ1) is 10.6. The van der Waals surface area contributed by atoms with Crippen LogP contribution >= 0.6 is 0 Å². The molecule has 1 aromatic carbocycles. The second-order valence-corrected chi connectivity index (χ2v) is 11.9. The number of unbranched alkanes of at least 4 members (excludes halogenated alkanes) is 1. The summed E-state index contributed by atoms with van der Waals surface area (Å²) in [6, 6.07) is 5.98. The molecule has 1 aliphatic heterocycles. The van der Waals surface area contributed by atoms with E-state index >= 15 is 0 Å². The first-order valence-electron chi connectivity index (χ1n) is 9.03. The molecule has 1 heterocycles. The summed E-state index contributed by atoms with van der Waals surface area (Å²) in [4.78, 5) is 0. The van der Waals surface area contributed by atoms with Crippen LogP contribution in [0.5, 0.6) is 5.75 Å². The van der Waals surface area contributed by atoms with E-state index in [4.69, 9.17) is 9.16 Å². The molecule has 2 aliphatic rings. The minimum absolute atomic E-state index is 0.229. The number of hydrogen-bond donors (Lipinski definition) is 0. The van der Waals surface area contributed by atoms with Crippen LogP contribution in [0.15, 0.2) is 12.1 Å². The first-order valence-corrected chi connectivity index (χ1v) is 12.1. The van der Waals surface area contributed by atoms with E-state index in [1.807, 2.05) is 0 Å². The zero-order chi connectivity index (χ0) is 15.6. The van der Waals surface area contributed by atoms with Gasteiger partial charge in [0.25, 0.3) is 0 Å². The number of aryl methyl sites for hydroxylation is 2. The molecule has 3 rings (SSSR count). The minimum Gasteiger partial charge on any atom is -0.487 e. The van der Waals surface area contributed by atoms with Gasteiger partial charge in [0.15, 0.2) is 8.32 Å². The maximum Gasteiger partial charge on any atom is 0.186 e. The predicted molar refractivity (Wildman–Crippen MR) is 94.4 cm³/mol. The van der Waals surface area contributed by atoms with Gasteiger partial charge < -0.3 is 9.16 Å². The third kappa shape index (κ3) is 3.75. The van der Waals surface area contributed by atoms with Crippen molar-refractivity contribution in [1.82, 2.24) is 0 Å². The maximum absolute atomic E-state index is 6.29. The number of ether oxygens (including phenoxy) is 1. The van der Waals surface area contributed by atoms with E-state index in [1.165, 1.54) is 55.7 Å². The van der Waals surface area contributed by atoms with E-state index in [0.717, 1.165) is 18.8 Å². The van der Waals surface area contributed by atoms with Gasteiger partial charge in [-0.1, -0.05) is 25.8 Å². The lowest BCUT2D eigenvalue weighted by Crippen LogP contribution is -2.35. The van der Waals surface area contributed by atoms with Crippen LogP contribution in [0.1, 0.15) is 49.3 Å². The molecule has 0 amide bonds. The molecule has 0 saturated heterocycles. The molecule has 0 saturated carbocycles. The quantitative estimate of drug-likeness (QED) is 0.695. The molecule has 1 aliphatic carbocycles. The fourth-order valence-electron chi connectivity index (χ4n) is 3.64. The Hall–Kier alpha value is -0.803. The van der Waals surface area contributed by atoms with Gasteiger partial charge >= 0.3 is 0 Å². The summed E-state index contributed by atoms with van der Waals surface area (Å²) in [5, 5.41) is 0. The molecule has 0 radical (unpaired) electrons. The molecule has 122 valence electrons. The van der Waals surface area contributed by atoms with Crippen LogP contribution in [0.3, 0.4) is 0 Å². The second kappa shape index (κ2) is 6.75. The van der Waals surface area contributed by atoms with Crippen molar-refractivity contribution in [1.29, 1.82) is 0 Å². The van der Waals surface area contributed by atoms with Crippen LogP contribution in [-0.4, -0.2) is 21.0 Å². The molecular formula is C19H30O2Si. The van der Waals surface area contributed by atoms with Crippen LogP contribution in [0.25, 0.3) is 0 Å². The highest BCUT2D eigenvalue weighted by atomic mass is 28.4. The van der Waals surface area contributed by atoms with Crippen LogP contribution in [-0.2, 0) is 23.7 Å². The summed E-state index contributed by atoms with van der Waals surface area (Å²) < 4.78 is 12.5. The standard InChI is InChI=1S/C19H30O2Si/c1-4-5-10-22(2,3)20-14-18-12-17-11-15-8-6-7-9-16(15)13-19(17)21-18/h11,13,18H,4-10,12,14H2,1-3H3. The molecule has 0 aromatic heterocycles. The second-order valence-electron chi connectivity index (χ2n) is 7.55. The van der Waals surface area contributed by atoms with Gasteiger partial charge in [0.05, 0.1) is 6.61 Å². The summed E-state index contributed by atoms with van der Waals surface area (Å²) in [7, 11) is -1.50. The molecule has 1 atom stereocenters. The Balaban J connectivity index is 1.58. The van der Waals surface area contributed by atoms with Gasteiger partial charge in [-0.2, -0.15) is 0 Å². The SMILES string of the molecule is CCCC[Si](C)(C)OCC1Cc2cc3c(cc2O1)CCCC3. The predicted octanol–water partition coefficient (Wildman–Crippen LogP) is 4.89. The first kappa shape index (κ1) is 16.1. The van der Waals surface area contributed by atoms with Crippen LogP contribution in [0.4, 0.5) is 0 Å². The Morgan fingerprint density at radius 3 is 2.59 bits per heavy atom. The van der Waals surface area contributed by atoms with Crippen LogP contribution in [0.2, 0.25) is 19.1 Å². The van der Waals surface area contributed by atoms with Crippen molar-refractivity contribution in [2.45, 2.75) is 77.1 Å². The van der Waals surface area contributed by atoms with Gasteiger partial charge in [-0.15, -0.1) is 0 Å². The van der Waals surface area contributed by atoms with E-state index in [0.29, 0.717) is 0 Å². The Bertz CT molecular complexity index is 489. The normalized spacial score (nSPS) is 20.4. The Kier molecular flexibility index (Phi) is 4.93. The van der Waals surface area contributed by atoms with Gasteiger partial charge in [-0.3, -0.25) is 0 Å². The third-order valence-corrected chi connectivity index (χ3v) is 7.56. The molecular weight excluding hydrogens is 288 g/mol.